The summed E-state index contributed by atoms with van der Waals surface area (Å²) in [6.45, 7) is 0. The summed E-state index contributed by atoms with van der Waals surface area (Å²) in [4.78, 5) is 47.2. The summed E-state index contributed by atoms with van der Waals surface area (Å²) >= 11 is 0. The molecule has 2 rings (SSSR count). The first kappa shape index (κ1) is 14.4. The second-order valence-corrected chi connectivity index (χ2v) is 4.71. The summed E-state index contributed by atoms with van der Waals surface area (Å²) in [6, 6.07) is -1.36. The molecule has 2 amide bonds. The first-order valence-corrected chi connectivity index (χ1v) is 6.27. The summed E-state index contributed by atoms with van der Waals surface area (Å²) < 4.78 is 9.63. The minimum atomic E-state index is -1.36. The Morgan fingerprint density at radius 3 is 2.35 bits per heavy atom. The molecule has 2 fully saturated rings. The number of aliphatic carboxylic acids is 1. The predicted molar refractivity (Wildman–Crippen MR) is 62.4 cm³/mol. The van der Waals surface area contributed by atoms with Crippen molar-refractivity contribution in [3.63, 3.8) is 0 Å². The van der Waals surface area contributed by atoms with Crippen molar-refractivity contribution in [3.05, 3.63) is 0 Å². The Balaban J connectivity index is 2.15. The third-order valence-corrected chi connectivity index (χ3v) is 3.49. The van der Waals surface area contributed by atoms with Gasteiger partial charge < -0.3 is 14.6 Å². The van der Waals surface area contributed by atoms with Crippen LogP contribution in [-0.4, -0.2) is 59.1 Å². The van der Waals surface area contributed by atoms with Gasteiger partial charge in [0.1, 0.15) is 18.2 Å². The fourth-order valence-corrected chi connectivity index (χ4v) is 2.45. The smallest absolute Gasteiger partial charge is 0.326 e. The minimum Gasteiger partial charge on any atom is -0.480 e. The first-order valence-electron chi connectivity index (χ1n) is 6.27. The molecule has 0 aromatic rings. The van der Waals surface area contributed by atoms with Crippen LogP contribution in [0.1, 0.15) is 25.7 Å². The van der Waals surface area contributed by atoms with E-state index in [2.05, 4.69) is 4.74 Å². The van der Waals surface area contributed by atoms with Crippen LogP contribution in [0.25, 0.3) is 0 Å². The second-order valence-electron chi connectivity index (χ2n) is 4.71. The number of nitrogens with zero attached hydrogens (tertiary/aromatic N) is 1. The van der Waals surface area contributed by atoms with E-state index in [4.69, 9.17) is 4.74 Å². The van der Waals surface area contributed by atoms with Crippen LogP contribution in [0.15, 0.2) is 0 Å². The van der Waals surface area contributed by atoms with Crippen LogP contribution in [0, 0.1) is 0 Å². The maximum absolute atomic E-state index is 12.1. The lowest BCUT2D eigenvalue weighted by atomic mass is 10.1. The number of morpholine rings is 1. The number of imide groups is 1. The van der Waals surface area contributed by atoms with Crippen LogP contribution >= 0.6 is 0 Å². The summed E-state index contributed by atoms with van der Waals surface area (Å²) in [5.41, 5.74) is 0. The van der Waals surface area contributed by atoms with Crippen LogP contribution in [0.5, 0.6) is 0 Å². The van der Waals surface area contributed by atoms with E-state index < -0.39 is 42.0 Å². The van der Waals surface area contributed by atoms with Gasteiger partial charge in [0.05, 0.1) is 7.11 Å². The number of carbonyl (C=O) groups excluding carboxylic acids is 3. The minimum absolute atomic E-state index is 0.168. The third kappa shape index (κ3) is 2.51. The van der Waals surface area contributed by atoms with Crippen LogP contribution in [0.3, 0.4) is 0 Å². The molecule has 2 aliphatic heterocycles. The van der Waals surface area contributed by atoms with Gasteiger partial charge >= 0.3 is 11.9 Å². The molecule has 2 heterocycles. The molecule has 0 radical (unpaired) electrons. The third-order valence-electron chi connectivity index (χ3n) is 3.49. The number of ether oxygens (including phenoxy) is 2. The molecule has 0 saturated carbocycles. The van der Waals surface area contributed by atoms with Crippen molar-refractivity contribution in [3.8, 4) is 0 Å². The zero-order valence-electron chi connectivity index (χ0n) is 10.9. The highest BCUT2D eigenvalue weighted by atomic mass is 16.5. The number of fused-ring (bicyclic) bond motifs is 2. The maximum atomic E-state index is 12.1. The van der Waals surface area contributed by atoms with E-state index in [1.54, 1.807) is 0 Å². The molecular formula is C12H15NO7. The highest BCUT2D eigenvalue weighted by Crippen LogP contribution is 2.30. The SMILES string of the molecule is COC(=O)CCC(C(=O)O)N1C(=O)C2CCC(O2)C1=O. The van der Waals surface area contributed by atoms with E-state index >= 15 is 0 Å². The Bertz CT molecular complexity index is 439. The fraction of sp³-hybridized carbons (Fsp3) is 0.667. The van der Waals surface area contributed by atoms with Crippen LogP contribution in [-0.2, 0) is 28.7 Å². The number of likely N-dealkylation sites (tertiary alicyclic amines) is 1. The Morgan fingerprint density at radius 1 is 1.35 bits per heavy atom. The lowest BCUT2D eigenvalue weighted by Crippen LogP contribution is -2.58. The molecule has 1 N–H and O–H groups in total. The second kappa shape index (κ2) is 5.58. The van der Waals surface area contributed by atoms with Gasteiger partial charge in [-0.15, -0.1) is 0 Å². The molecule has 8 heteroatoms. The number of rotatable bonds is 5. The van der Waals surface area contributed by atoms with Crippen LogP contribution in [0.4, 0.5) is 0 Å². The number of carbonyl (C=O) groups is 4. The Kier molecular flexibility index (Phi) is 4.03. The molecule has 3 unspecified atom stereocenters. The quantitative estimate of drug-likeness (QED) is 0.525. The van der Waals surface area contributed by atoms with Gasteiger partial charge in [-0.2, -0.15) is 0 Å². The highest BCUT2D eigenvalue weighted by Gasteiger charge is 2.50. The van der Waals surface area contributed by atoms with Gasteiger partial charge in [0.15, 0.2) is 0 Å². The normalized spacial score (nSPS) is 26.6. The maximum Gasteiger partial charge on any atom is 0.326 e. The monoisotopic (exact) mass is 285 g/mol. The average molecular weight is 285 g/mol. The first-order chi connectivity index (χ1) is 9.45. The van der Waals surface area contributed by atoms with Crippen molar-refractivity contribution in [2.45, 2.75) is 43.9 Å². The Morgan fingerprint density at radius 2 is 1.90 bits per heavy atom. The number of hydrogen-bond acceptors (Lipinski definition) is 6. The number of carboxylic acid groups (broad SMARTS) is 1. The molecule has 3 atom stereocenters. The van der Waals surface area contributed by atoms with Gasteiger partial charge in [0, 0.05) is 6.42 Å². The zero-order chi connectivity index (χ0) is 14.9. The van der Waals surface area contributed by atoms with Crippen molar-refractivity contribution < 1.29 is 33.8 Å². The zero-order valence-corrected chi connectivity index (χ0v) is 10.9. The van der Waals surface area contributed by atoms with Crippen LogP contribution in [0.2, 0.25) is 0 Å². The summed E-state index contributed by atoms with van der Waals surface area (Å²) in [5, 5.41) is 9.20. The number of hydrogen-bond donors (Lipinski definition) is 1. The van der Waals surface area contributed by atoms with E-state index in [9.17, 15) is 24.3 Å². The highest BCUT2D eigenvalue weighted by molar-refractivity contribution is 6.05. The topological polar surface area (TPSA) is 110 Å². The lowest BCUT2D eigenvalue weighted by Gasteiger charge is -2.33. The van der Waals surface area contributed by atoms with Gasteiger partial charge in [0.2, 0.25) is 0 Å². The molecule has 8 nitrogen and oxygen atoms in total. The van der Waals surface area contributed by atoms with Crippen molar-refractivity contribution in [2.24, 2.45) is 0 Å². The summed E-state index contributed by atoms with van der Waals surface area (Å²) in [7, 11) is 1.18. The van der Waals surface area contributed by atoms with Gasteiger partial charge in [0.25, 0.3) is 11.8 Å². The van der Waals surface area contributed by atoms with Gasteiger partial charge in [-0.25, -0.2) is 4.79 Å². The number of esters is 1. The number of methoxy groups -OCH3 is 1. The molecule has 2 bridgehead atoms. The summed E-state index contributed by atoms with van der Waals surface area (Å²) in [5.74, 6) is -3.19. The molecule has 0 aromatic carbocycles. The van der Waals surface area contributed by atoms with E-state index in [-0.39, 0.29) is 12.8 Å². The fourth-order valence-electron chi connectivity index (χ4n) is 2.45. The largest absolute Gasteiger partial charge is 0.480 e. The van der Waals surface area contributed by atoms with E-state index in [1.165, 1.54) is 7.11 Å². The summed E-state index contributed by atoms with van der Waals surface area (Å²) in [6.07, 6.45) is -1.03. The van der Waals surface area contributed by atoms with Crippen molar-refractivity contribution in [2.75, 3.05) is 7.11 Å². The van der Waals surface area contributed by atoms with Crippen molar-refractivity contribution in [1.82, 2.24) is 4.90 Å². The molecule has 0 aromatic heterocycles. The van der Waals surface area contributed by atoms with E-state index in [1.807, 2.05) is 0 Å². The average Bonchev–Trinajstić information content (AvgIpc) is 2.86. The molecule has 20 heavy (non-hydrogen) atoms. The standard InChI is InChI=1S/C12H15NO7/c1-19-9(14)5-2-6(12(17)18)13-10(15)7-3-4-8(20-7)11(13)16/h6-8H,2-5H2,1H3,(H,17,18). The van der Waals surface area contributed by atoms with Gasteiger partial charge in [-0.3, -0.25) is 19.3 Å². The Labute approximate surface area is 114 Å². The molecule has 2 aliphatic rings. The van der Waals surface area contributed by atoms with Gasteiger partial charge in [-0.05, 0) is 19.3 Å². The molecule has 0 spiro atoms. The van der Waals surface area contributed by atoms with Crippen LogP contribution < -0.4 is 0 Å². The van der Waals surface area contributed by atoms with E-state index in [0.29, 0.717) is 12.8 Å². The predicted octanol–water partition coefficient (Wildman–Crippen LogP) is -0.691. The van der Waals surface area contributed by atoms with E-state index in [0.717, 1.165) is 4.90 Å². The molecular weight excluding hydrogens is 270 g/mol. The molecule has 2 saturated heterocycles. The van der Waals surface area contributed by atoms with Crippen molar-refractivity contribution >= 4 is 23.8 Å². The molecule has 0 aliphatic carbocycles. The number of amides is 2. The Hall–Kier alpha value is -1.96. The van der Waals surface area contributed by atoms with Gasteiger partial charge in [-0.1, -0.05) is 0 Å². The lowest BCUT2D eigenvalue weighted by molar-refractivity contribution is -0.177. The number of carboxylic acids is 1. The molecule has 110 valence electrons. The van der Waals surface area contributed by atoms with Crippen molar-refractivity contribution in [1.29, 1.82) is 0 Å².